The maximum Gasteiger partial charge on any atom is 0.236 e. The van der Waals surface area contributed by atoms with Crippen molar-refractivity contribution in [3.05, 3.63) is 0 Å². The first-order valence-electron chi connectivity index (χ1n) is 12.0. The van der Waals surface area contributed by atoms with Crippen molar-refractivity contribution in [2.24, 2.45) is 44.4 Å². The van der Waals surface area contributed by atoms with Gasteiger partial charge < -0.3 is 49.9 Å². The van der Waals surface area contributed by atoms with Crippen molar-refractivity contribution in [3.63, 3.8) is 0 Å². The molecular weight excluding hydrogens is 438 g/mol. The first-order chi connectivity index (χ1) is 16.1. The highest BCUT2D eigenvalue weighted by atomic mass is 16.2. The van der Waals surface area contributed by atoms with Gasteiger partial charge in [-0.1, -0.05) is 0 Å². The van der Waals surface area contributed by atoms with E-state index in [1.165, 1.54) is 0 Å². The Labute approximate surface area is 203 Å². The van der Waals surface area contributed by atoms with Crippen LogP contribution in [-0.2, 0) is 9.59 Å². The zero-order valence-electron chi connectivity index (χ0n) is 20.7. The third kappa shape index (κ3) is 18.9. The molecule has 14 N–H and O–H groups in total. The Morgan fingerprint density at radius 3 is 1.44 bits per heavy atom. The standard InChI is InChI=1S/C21H47N11O2/c1-32(14-6-12-28-18(33)16(22)8-2-4-10-30-20(24)25)15-7-13-29-19(34)17(23)9-3-5-11-31-21(26)27/h16-17H,2-15,22-23H2,1H3,(H,28,33)(H,29,34)(H4,24,25,30)(H4,26,27,31)/t16-,17-/m0/s1. The minimum atomic E-state index is -0.523. The number of hydrogen-bond acceptors (Lipinski definition) is 7. The molecule has 0 bridgehead atoms. The molecule has 13 heteroatoms. The summed E-state index contributed by atoms with van der Waals surface area (Å²) >= 11 is 0. The summed E-state index contributed by atoms with van der Waals surface area (Å²) in [7, 11) is 2.01. The van der Waals surface area contributed by atoms with Crippen LogP contribution >= 0.6 is 0 Å². The molecule has 0 aromatic heterocycles. The summed E-state index contributed by atoms with van der Waals surface area (Å²) in [6.45, 7) is 3.89. The van der Waals surface area contributed by atoms with Crippen LogP contribution in [-0.4, -0.2) is 87.0 Å². The van der Waals surface area contributed by atoms with Crippen LogP contribution < -0.4 is 45.0 Å². The van der Waals surface area contributed by atoms with Crippen LogP contribution in [0.1, 0.15) is 51.4 Å². The largest absolute Gasteiger partial charge is 0.370 e. The van der Waals surface area contributed by atoms with Crippen molar-refractivity contribution in [2.75, 3.05) is 46.3 Å². The second-order valence-electron chi connectivity index (χ2n) is 8.41. The molecule has 0 radical (unpaired) electrons. The van der Waals surface area contributed by atoms with E-state index >= 15 is 0 Å². The molecule has 0 aliphatic carbocycles. The summed E-state index contributed by atoms with van der Waals surface area (Å²) in [6, 6.07) is -1.05. The van der Waals surface area contributed by atoms with E-state index in [9.17, 15) is 9.59 Å². The summed E-state index contributed by atoms with van der Waals surface area (Å²) < 4.78 is 0. The Morgan fingerprint density at radius 1 is 0.706 bits per heavy atom. The van der Waals surface area contributed by atoms with Crippen LogP contribution in [0.3, 0.4) is 0 Å². The fourth-order valence-electron chi connectivity index (χ4n) is 3.13. The number of carbonyl (C=O) groups excluding carboxylic acids is 2. The Balaban J connectivity index is 3.73. The highest BCUT2D eigenvalue weighted by Gasteiger charge is 2.13. The van der Waals surface area contributed by atoms with Crippen LogP contribution in [0.2, 0.25) is 0 Å². The van der Waals surface area contributed by atoms with Gasteiger partial charge >= 0.3 is 0 Å². The van der Waals surface area contributed by atoms with Gasteiger partial charge in [-0.15, -0.1) is 0 Å². The molecular formula is C21H47N11O2. The highest BCUT2D eigenvalue weighted by molar-refractivity contribution is 5.81. The Hall–Kier alpha value is -2.64. The third-order valence-electron chi connectivity index (χ3n) is 5.14. The van der Waals surface area contributed by atoms with Crippen molar-refractivity contribution < 1.29 is 9.59 Å². The van der Waals surface area contributed by atoms with Gasteiger partial charge in [-0.25, -0.2) is 0 Å². The van der Waals surface area contributed by atoms with E-state index in [1.54, 1.807) is 0 Å². The fourth-order valence-corrected chi connectivity index (χ4v) is 3.13. The molecule has 198 valence electrons. The molecule has 0 heterocycles. The van der Waals surface area contributed by atoms with Gasteiger partial charge in [-0.05, 0) is 71.5 Å². The lowest BCUT2D eigenvalue weighted by Gasteiger charge is -2.18. The van der Waals surface area contributed by atoms with Gasteiger partial charge in [0.25, 0.3) is 0 Å². The van der Waals surface area contributed by atoms with E-state index in [2.05, 4.69) is 25.5 Å². The van der Waals surface area contributed by atoms with Gasteiger partial charge in [0.2, 0.25) is 11.8 Å². The number of nitrogens with two attached hydrogens (primary N) is 6. The van der Waals surface area contributed by atoms with E-state index in [4.69, 9.17) is 34.4 Å². The minimum absolute atomic E-state index is 0.0735. The monoisotopic (exact) mass is 485 g/mol. The van der Waals surface area contributed by atoms with E-state index in [0.717, 1.165) is 51.6 Å². The van der Waals surface area contributed by atoms with Crippen LogP contribution in [0.4, 0.5) is 0 Å². The summed E-state index contributed by atoms with van der Waals surface area (Å²) in [5.41, 5.74) is 32.9. The fraction of sp³-hybridized carbons (Fsp3) is 0.810. The first-order valence-corrected chi connectivity index (χ1v) is 12.0. The molecule has 0 fully saturated rings. The number of unbranched alkanes of at least 4 members (excludes halogenated alkanes) is 2. The average Bonchev–Trinajstić information content (AvgIpc) is 2.78. The zero-order valence-corrected chi connectivity index (χ0v) is 20.7. The lowest BCUT2D eigenvalue weighted by molar-refractivity contribution is -0.123. The normalized spacial score (nSPS) is 12.6. The van der Waals surface area contributed by atoms with E-state index in [-0.39, 0.29) is 23.7 Å². The first kappa shape index (κ1) is 31.4. The quantitative estimate of drug-likeness (QED) is 0.0514. The van der Waals surface area contributed by atoms with Crippen molar-refractivity contribution >= 4 is 23.7 Å². The molecule has 0 unspecified atom stereocenters. The number of nitrogens with zero attached hydrogens (tertiary/aromatic N) is 3. The molecule has 0 aromatic carbocycles. The van der Waals surface area contributed by atoms with Gasteiger partial charge in [0.1, 0.15) is 0 Å². The molecule has 34 heavy (non-hydrogen) atoms. The summed E-state index contributed by atoms with van der Waals surface area (Å²) in [6.07, 6.45) is 5.97. The molecule has 0 aromatic rings. The van der Waals surface area contributed by atoms with Crippen LogP contribution in [0.5, 0.6) is 0 Å². The number of guanidine groups is 2. The lowest BCUT2D eigenvalue weighted by Crippen LogP contribution is -2.42. The smallest absolute Gasteiger partial charge is 0.236 e. The van der Waals surface area contributed by atoms with Crippen LogP contribution in [0, 0.1) is 0 Å². The molecule has 0 saturated carbocycles. The van der Waals surface area contributed by atoms with Gasteiger partial charge in [0, 0.05) is 26.2 Å². The molecule has 0 aliphatic heterocycles. The van der Waals surface area contributed by atoms with Crippen LogP contribution in [0.15, 0.2) is 9.98 Å². The van der Waals surface area contributed by atoms with Gasteiger partial charge in [-0.2, -0.15) is 0 Å². The molecule has 13 nitrogen and oxygen atoms in total. The van der Waals surface area contributed by atoms with Crippen molar-refractivity contribution in [1.82, 2.24) is 15.5 Å². The summed E-state index contributed by atoms with van der Waals surface area (Å²) in [4.78, 5) is 34.0. The number of hydrogen-bond donors (Lipinski definition) is 8. The Bertz CT molecular complexity index is 568. The van der Waals surface area contributed by atoms with Crippen molar-refractivity contribution in [1.29, 1.82) is 0 Å². The second-order valence-corrected chi connectivity index (χ2v) is 8.41. The molecule has 0 saturated heterocycles. The maximum atomic E-state index is 12.0. The average molecular weight is 486 g/mol. The Morgan fingerprint density at radius 2 is 1.09 bits per heavy atom. The number of rotatable bonds is 20. The Kier molecular flexibility index (Phi) is 18.3. The zero-order chi connectivity index (χ0) is 25.8. The second kappa shape index (κ2) is 19.8. The molecule has 2 amide bonds. The van der Waals surface area contributed by atoms with Gasteiger partial charge in [0.05, 0.1) is 12.1 Å². The summed E-state index contributed by atoms with van der Waals surface area (Å²) in [5.74, 6) is -0.131. The number of nitrogens with one attached hydrogen (secondary N) is 2. The van der Waals surface area contributed by atoms with E-state index in [0.29, 0.717) is 39.0 Å². The maximum absolute atomic E-state index is 12.0. The molecule has 0 spiro atoms. The third-order valence-corrected chi connectivity index (χ3v) is 5.14. The highest BCUT2D eigenvalue weighted by Crippen LogP contribution is 2.01. The predicted molar refractivity (Wildman–Crippen MR) is 138 cm³/mol. The molecule has 0 aliphatic rings. The number of amides is 2. The lowest BCUT2D eigenvalue weighted by atomic mass is 10.1. The summed E-state index contributed by atoms with van der Waals surface area (Å²) in [5, 5.41) is 5.75. The van der Waals surface area contributed by atoms with E-state index in [1.807, 2.05) is 7.05 Å². The topological polar surface area (TPSA) is 242 Å². The molecule has 2 atom stereocenters. The van der Waals surface area contributed by atoms with Crippen molar-refractivity contribution in [3.8, 4) is 0 Å². The van der Waals surface area contributed by atoms with E-state index < -0.39 is 12.1 Å². The van der Waals surface area contributed by atoms with Gasteiger partial charge in [0.15, 0.2) is 11.9 Å². The van der Waals surface area contributed by atoms with Gasteiger partial charge in [-0.3, -0.25) is 19.6 Å². The number of carbonyl (C=O) groups is 2. The SMILES string of the molecule is CN(CCCNC(=O)[C@@H](N)CCCCN=C(N)N)CCCNC(=O)[C@@H](N)CCCCN=C(N)N. The minimum Gasteiger partial charge on any atom is -0.370 e. The number of aliphatic imine (C=N–C) groups is 2. The molecule has 0 rings (SSSR count). The van der Waals surface area contributed by atoms with Crippen LogP contribution in [0.25, 0.3) is 0 Å². The van der Waals surface area contributed by atoms with Crippen molar-refractivity contribution in [2.45, 2.75) is 63.5 Å². The predicted octanol–water partition coefficient (Wildman–Crippen LogP) is -2.53.